The van der Waals surface area contributed by atoms with Crippen molar-refractivity contribution in [3.8, 4) is 0 Å². The Hall–Kier alpha value is -0.470. The highest BCUT2D eigenvalue weighted by Crippen LogP contribution is 2.17. The first-order chi connectivity index (χ1) is 8.27. The minimum Gasteiger partial charge on any atom is -0.310 e. The quantitative estimate of drug-likeness (QED) is 0.696. The van der Waals surface area contributed by atoms with Crippen LogP contribution in [0, 0.1) is 6.92 Å². The molecule has 1 rings (SSSR count). The normalized spacial score (nSPS) is 12.6. The third kappa shape index (κ3) is 5.60. The van der Waals surface area contributed by atoms with Crippen LogP contribution in [0.1, 0.15) is 43.9 Å². The number of aryl methyl sites for hydroxylation is 1. The first-order valence-corrected chi connectivity index (χ1v) is 7.81. The van der Waals surface area contributed by atoms with Crippen molar-refractivity contribution >= 4 is 11.8 Å². The van der Waals surface area contributed by atoms with Gasteiger partial charge in [-0.1, -0.05) is 43.7 Å². The average Bonchev–Trinajstić information content (AvgIpc) is 2.35. The predicted octanol–water partition coefficient (Wildman–Crippen LogP) is 4.18. The number of hydrogen-bond donors (Lipinski definition) is 1. The van der Waals surface area contributed by atoms with Crippen LogP contribution in [-0.2, 0) is 0 Å². The van der Waals surface area contributed by atoms with E-state index in [1.807, 2.05) is 11.8 Å². The SMILES string of the molecule is CCSCCCNC(CC)c1ccc(C)cc1. The number of rotatable bonds is 8. The van der Waals surface area contributed by atoms with Crippen molar-refractivity contribution in [1.82, 2.24) is 5.32 Å². The fourth-order valence-electron chi connectivity index (χ4n) is 1.89. The van der Waals surface area contributed by atoms with Gasteiger partial charge in [-0.2, -0.15) is 11.8 Å². The van der Waals surface area contributed by atoms with Crippen LogP contribution in [0.5, 0.6) is 0 Å². The summed E-state index contributed by atoms with van der Waals surface area (Å²) in [4.78, 5) is 0. The second kappa shape index (κ2) is 8.60. The maximum absolute atomic E-state index is 3.65. The molecule has 1 aromatic carbocycles. The largest absolute Gasteiger partial charge is 0.310 e. The summed E-state index contributed by atoms with van der Waals surface area (Å²) in [6, 6.07) is 9.41. The summed E-state index contributed by atoms with van der Waals surface area (Å²) >= 11 is 2.03. The molecule has 1 atom stereocenters. The number of benzene rings is 1. The lowest BCUT2D eigenvalue weighted by molar-refractivity contribution is 0.519. The maximum atomic E-state index is 3.65. The van der Waals surface area contributed by atoms with Gasteiger partial charge >= 0.3 is 0 Å². The molecule has 0 aromatic heterocycles. The highest BCUT2D eigenvalue weighted by molar-refractivity contribution is 7.99. The Balaban J connectivity index is 2.35. The summed E-state index contributed by atoms with van der Waals surface area (Å²) in [5, 5.41) is 3.65. The van der Waals surface area contributed by atoms with Gasteiger partial charge in [0.05, 0.1) is 0 Å². The van der Waals surface area contributed by atoms with E-state index in [1.54, 1.807) is 0 Å². The first kappa shape index (κ1) is 14.6. The fraction of sp³-hybridized carbons (Fsp3) is 0.600. The molecular formula is C15H25NS. The standard InChI is InChI=1S/C15H25NS/c1-4-15(16-11-6-12-17-5-2)14-9-7-13(3)8-10-14/h7-10,15-16H,4-6,11-12H2,1-3H3. The van der Waals surface area contributed by atoms with E-state index >= 15 is 0 Å². The Morgan fingerprint density at radius 2 is 1.88 bits per heavy atom. The van der Waals surface area contributed by atoms with E-state index in [4.69, 9.17) is 0 Å². The van der Waals surface area contributed by atoms with Crippen LogP contribution in [0.3, 0.4) is 0 Å². The van der Waals surface area contributed by atoms with Crippen LogP contribution in [0.2, 0.25) is 0 Å². The smallest absolute Gasteiger partial charge is 0.0317 e. The summed E-state index contributed by atoms with van der Waals surface area (Å²) in [5.41, 5.74) is 2.75. The van der Waals surface area contributed by atoms with Gasteiger partial charge in [0.1, 0.15) is 0 Å². The van der Waals surface area contributed by atoms with Gasteiger partial charge in [-0.15, -0.1) is 0 Å². The average molecular weight is 251 g/mol. The van der Waals surface area contributed by atoms with Crippen LogP contribution in [-0.4, -0.2) is 18.1 Å². The Morgan fingerprint density at radius 1 is 1.18 bits per heavy atom. The van der Waals surface area contributed by atoms with Gasteiger partial charge in [0.25, 0.3) is 0 Å². The minimum absolute atomic E-state index is 0.516. The highest BCUT2D eigenvalue weighted by atomic mass is 32.2. The topological polar surface area (TPSA) is 12.0 Å². The summed E-state index contributed by atoms with van der Waals surface area (Å²) in [5.74, 6) is 2.50. The van der Waals surface area contributed by atoms with Gasteiger partial charge in [-0.3, -0.25) is 0 Å². The van der Waals surface area contributed by atoms with Crippen molar-refractivity contribution in [3.05, 3.63) is 35.4 Å². The molecule has 0 aliphatic rings. The predicted molar refractivity (Wildman–Crippen MR) is 79.8 cm³/mol. The Bertz CT molecular complexity index is 294. The molecule has 17 heavy (non-hydrogen) atoms. The molecule has 0 saturated heterocycles. The zero-order chi connectivity index (χ0) is 12.5. The molecule has 1 unspecified atom stereocenters. The van der Waals surface area contributed by atoms with Gasteiger partial charge in [0.15, 0.2) is 0 Å². The van der Waals surface area contributed by atoms with E-state index in [1.165, 1.54) is 29.1 Å². The van der Waals surface area contributed by atoms with Crippen molar-refractivity contribution in [2.75, 3.05) is 18.1 Å². The summed E-state index contributed by atoms with van der Waals surface area (Å²) in [7, 11) is 0. The molecule has 1 nitrogen and oxygen atoms in total. The van der Waals surface area contributed by atoms with Gasteiger partial charge in [0.2, 0.25) is 0 Å². The van der Waals surface area contributed by atoms with Gasteiger partial charge in [-0.25, -0.2) is 0 Å². The van der Waals surface area contributed by atoms with Crippen LogP contribution in [0.15, 0.2) is 24.3 Å². The molecule has 0 bridgehead atoms. The molecule has 0 amide bonds. The van der Waals surface area contributed by atoms with Crippen LogP contribution in [0.25, 0.3) is 0 Å². The minimum atomic E-state index is 0.516. The zero-order valence-electron chi connectivity index (χ0n) is 11.3. The van der Waals surface area contributed by atoms with Crippen LogP contribution in [0.4, 0.5) is 0 Å². The molecule has 96 valence electrons. The molecule has 0 aliphatic carbocycles. The molecule has 2 heteroatoms. The van der Waals surface area contributed by atoms with Crippen LogP contribution >= 0.6 is 11.8 Å². The van der Waals surface area contributed by atoms with E-state index in [-0.39, 0.29) is 0 Å². The van der Waals surface area contributed by atoms with Crippen molar-refractivity contribution in [3.63, 3.8) is 0 Å². The molecule has 1 N–H and O–H groups in total. The lowest BCUT2D eigenvalue weighted by Gasteiger charge is -2.17. The number of thioether (sulfide) groups is 1. The molecule has 0 fully saturated rings. The number of hydrogen-bond acceptors (Lipinski definition) is 2. The Kier molecular flexibility index (Phi) is 7.38. The monoisotopic (exact) mass is 251 g/mol. The van der Waals surface area contributed by atoms with Crippen molar-refractivity contribution in [2.45, 2.75) is 39.7 Å². The van der Waals surface area contributed by atoms with E-state index in [9.17, 15) is 0 Å². The Morgan fingerprint density at radius 3 is 2.47 bits per heavy atom. The van der Waals surface area contributed by atoms with Gasteiger partial charge in [0, 0.05) is 6.04 Å². The lowest BCUT2D eigenvalue weighted by Crippen LogP contribution is -2.22. The summed E-state index contributed by atoms with van der Waals surface area (Å²) in [6.07, 6.45) is 2.42. The van der Waals surface area contributed by atoms with E-state index in [0.29, 0.717) is 6.04 Å². The van der Waals surface area contributed by atoms with Crippen molar-refractivity contribution in [1.29, 1.82) is 0 Å². The van der Waals surface area contributed by atoms with Gasteiger partial charge < -0.3 is 5.32 Å². The van der Waals surface area contributed by atoms with Gasteiger partial charge in [-0.05, 0) is 43.4 Å². The first-order valence-electron chi connectivity index (χ1n) is 6.65. The zero-order valence-corrected chi connectivity index (χ0v) is 12.1. The molecule has 0 heterocycles. The molecule has 0 radical (unpaired) electrons. The molecule has 0 saturated carbocycles. The van der Waals surface area contributed by atoms with Crippen molar-refractivity contribution in [2.24, 2.45) is 0 Å². The van der Waals surface area contributed by atoms with E-state index in [2.05, 4.69) is 50.4 Å². The molecule has 0 spiro atoms. The summed E-state index contributed by atoms with van der Waals surface area (Å²) in [6.45, 7) is 7.73. The third-order valence-electron chi connectivity index (χ3n) is 2.95. The van der Waals surface area contributed by atoms with E-state index in [0.717, 1.165) is 13.0 Å². The third-order valence-corrected chi connectivity index (χ3v) is 3.93. The van der Waals surface area contributed by atoms with Crippen molar-refractivity contribution < 1.29 is 0 Å². The second-order valence-corrected chi connectivity index (χ2v) is 5.77. The van der Waals surface area contributed by atoms with E-state index < -0.39 is 0 Å². The molecule has 0 aliphatic heterocycles. The molecule has 1 aromatic rings. The van der Waals surface area contributed by atoms with Crippen LogP contribution < -0.4 is 5.32 Å². The lowest BCUT2D eigenvalue weighted by atomic mass is 10.0. The highest BCUT2D eigenvalue weighted by Gasteiger charge is 2.07. The fourth-order valence-corrected chi connectivity index (χ4v) is 2.53. The number of nitrogens with one attached hydrogen (secondary N) is 1. The Labute approximate surface area is 110 Å². The maximum Gasteiger partial charge on any atom is 0.0317 e. The molecular weight excluding hydrogens is 226 g/mol. The summed E-state index contributed by atoms with van der Waals surface area (Å²) < 4.78 is 0. The second-order valence-electron chi connectivity index (χ2n) is 4.38.